The molecule has 1 saturated heterocycles. The van der Waals surface area contributed by atoms with Crippen LogP contribution in [-0.2, 0) is 6.54 Å². The van der Waals surface area contributed by atoms with Crippen LogP contribution in [0.15, 0.2) is 41.5 Å². The summed E-state index contributed by atoms with van der Waals surface area (Å²) in [5.41, 5.74) is 1.11. The Morgan fingerprint density at radius 2 is 2.04 bits per heavy atom. The van der Waals surface area contributed by atoms with Crippen molar-refractivity contribution in [2.24, 2.45) is 0 Å². The molecule has 0 N–H and O–H groups in total. The number of hydrogen-bond donors (Lipinski definition) is 0. The van der Waals surface area contributed by atoms with Gasteiger partial charge in [-0.15, -0.1) is 11.3 Å². The molecule has 0 unspecified atom stereocenters. The van der Waals surface area contributed by atoms with Gasteiger partial charge in [-0.3, -0.25) is 4.79 Å². The number of aromatic nitrogens is 3. The molecule has 1 fully saturated rings. The Morgan fingerprint density at radius 1 is 1.25 bits per heavy atom. The minimum Gasteiger partial charge on any atom is -0.352 e. The second-order valence-electron chi connectivity index (χ2n) is 6.12. The second kappa shape index (κ2) is 6.36. The van der Waals surface area contributed by atoms with Crippen LogP contribution in [0.3, 0.4) is 0 Å². The standard InChI is InChI=1S/C18H20N4OS/c1-2-21-12-9-19-16(18(21)23)22-10-7-13(8-11-22)17-20-14-5-3-4-6-15(14)24-17/h3-6,9,12-13H,2,7-8,10-11H2,1H3. The van der Waals surface area contributed by atoms with Gasteiger partial charge in [-0.05, 0) is 31.9 Å². The van der Waals surface area contributed by atoms with Crippen molar-refractivity contribution in [3.8, 4) is 0 Å². The summed E-state index contributed by atoms with van der Waals surface area (Å²) in [5.74, 6) is 1.07. The Bertz CT molecular complexity index is 876. The zero-order valence-corrected chi connectivity index (χ0v) is 14.5. The molecule has 0 atom stereocenters. The fourth-order valence-electron chi connectivity index (χ4n) is 3.30. The van der Waals surface area contributed by atoms with E-state index >= 15 is 0 Å². The summed E-state index contributed by atoms with van der Waals surface area (Å²) in [6.07, 6.45) is 5.50. The van der Waals surface area contributed by atoms with Crippen molar-refractivity contribution in [3.05, 3.63) is 52.0 Å². The molecule has 0 amide bonds. The lowest BCUT2D eigenvalue weighted by molar-refractivity contribution is 0.498. The van der Waals surface area contributed by atoms with E-state index in [4.69, 9.17) is 4.98 Å². The third-order valence-corrected chi connectivity index (χ3v) is 5.89. The molecule has 3 heterocycles. The summed E-state index contributed by atoms with van der Waals surface area (Å²) in [6.45, 7) is 4.37. The summed E-state index contributed by atoms with van der Waals surface area (Å²) >= 11 is 1.80. The highest BCUT2D eigenvalue weighted by atomic mass is 32.1. The first kappa shape index (κ1) is 15.3. The summed E-state index contributed by atoms with van der Waals surface area (Å²) < 4.78 is 2.97. The van der Waals surface area contributed by atoms with Crippen LogP contribution in [-0.4, -0.2) is 27.6 Å². The first-order valence-corrected chi connectivity index (χ1v) is 9.23. The van der Waals surface area contributed by atoms with Gasteiger partial charge in [-0.2, -0.15) is 0 Å². The van der Waals surface area contributed by atoms with Crippen molar-refractivity contribution in [3.63, 3.8) is 0 Å². The van der Waals surface area contributed by atoms with Gasteiger partial charge in [0.15, 0.2) is 5.82 Å². The number of anilines is 1. The van der Waals surface area contributed by atoms with Gasteiger partial charge in [0, 0.05) is 37.9 Å². The van der Waals surface area contributed by atoms with E-state index < -0.39 is 0 Å². The molecule has 1 aliphatic heterocycles. The normalized spacial score (nSPS) is 16.0. The van der Waals surface area contributed by atoms with Crippen molar-refractivity contribution < 1.29 is 0 Å². The molecule has 0 saturated carbocycles. The van der Waals surface area contributed by atoms with Gasteiger partial charge < -0.3 is 9.47 Å². The molecule has 1 aliphatic rings. The average molecular weight is 340 g/mol. The Balaban J connectivity index is 1.52. The van der Waals surface area contributed by atoms with Gasteiger partial charge in [0.05, 0.1) is 15.2 Å². The summed E-state index contributed by atoms with van der Waals surface area (Å²) in [7, 11) is 0. The zero-order chi connectivity index (χ0) is 16.5. The number of rotatable bonds is 3. The van der Waals surface area contributed by atoms with E-state index in [0.29, 0.717) is 18.3 Å². The molecule has 0 bridgehead atoms. The molecule has 3 aromatic rings. The monoisotopic (exact) mass is 340 g/mol. The third kappa shape index (κ3) is 2.71. The lowest BCUT2D eigenvalue weighted by atomic mass is 9.97. The van der Waals surface area contributed by atoms with Crippen molar-refractivity contribution in [1.82, 2.24) is 14.5 Å². The molecule has 124 valence electrons. The third-order valence-electron chi connectivity index (χ3n) is 4.69. The molecule has 6 heteroatoms. The quantitative estimate of drug-likeness (QED) is 0.734. The minimum absolute atomic E-state index is 0.0124. The van der Waals surface area contributed by atoms with Crippen LogP contribution in [0.2, 0.25) is 0 Å². The van der Waals surface area contributed by atoms with Crippen LogP contribution < -0.4 is 10.5 Å². The van der Waals surface area contributed by atoms with Gasteiger partial charge >= 0.3 is 0 Å². The van der Waals surface area contributed by atoms with E-state index in [0.717, 1.165) is 31.4 Å². The van der Waals surface area contributed by atoms with E-state index in [1.807, 2.05) is 13.0 Å². The molecule has 5 nitrogen and oxygen atoms in total. The van der Waals surface area contributed by atoms with Gasteiger partial charge in [0.2, 0.25) is 0 Å². The fourth-order valence-corrected chi connectivity index (χ4v) is 4.44. The molecular formula is C18H20N4OS. The van der Waals surface area contributed by atoms with Crippen LogP contribution in [0.1, 0.15) is 30.7 Å². The van der Waals surface area contributed by atoms with Crippen molar-refractivity contribution in [2.45, 2.75) is 32.2 Å². The first-order chi connectivity index (χ1) is 11.8. The van der Waals surface area contributed by atoms with Gasteiger partial charge in [0.1, 0.15) is 0 Å². The van der Waals surface area contributed by atoms with Gasteiger partial charge in [-0.25, -0.2) is 9.97 Å². The summed E-state index contributed by atoms with van der Waals surface area (Å²) in [5, 5.41) is 1.22. The second-order valence-corrected chi connectivity index (χ2v) is 7.19. The molecule has 0 radical (unpaired) electrons. The number of fused-ring (bicyclic) bond motifs is 1. The highest BCUT2D eigenvalue weighted by Gasteiger charge is 2.25. The average Bonchev–Trinajstić information content (AvgIpc) is 3.06. The van der Waals surface area contributed by atoms with Crippen molar-refractivity contribution in [1.29, 1.82) is 0 Å². The molecule has 0 aliphatic carbocycles. The predicted molar refractivity (Wildman–Crippen MR) is 98.0 cm³/mol. The highest BCUT2D eigenvalue weighted by molar-refractivity contribution is 7.18. The Morgan fingerprint density at radius 3 is 2.79 bits per heavy atom. The maximum atomic E-state index is 12.4. The smallest absolute Gasteiger partial charge is 0.293 e. The number of para-hydroxylation sites is 1. The zero-order valence-electron chi connectivity index (χ0n) is 13.7. The number of piperidine rings is 1. The molecular weight excluding hydrogens is 320 g/mol. The molecule has 1 aromatic carbocycles. The number of benzene rings is 1. The maximum absolute atomic E-state index is 12.4. The molecule has 4 rings (SSSR count). The van der Waals surface area contributed by atoms with Crippen LogP contribution in [0.4, 0.5) is 5.82 Å². The molecule has 24 heavy (non-hydrogen) atoms. The Kier molecular flexibility index (Phi) is 4.06. The topological polar surface area (TPSA) is 51.0 Å². The van der Waals surface area contributed by atoms with Gasteiger partial charge in [-0.1, -0.05) is 12.1 Å². The first-order valence-electron chi connectivity index (χ1n) is 8.42. The van der Waals surface area contributed by atoms with Crippen LogP contribution in [0, 0.1) is 0 Å². The Labute approximate surface area is 144 Å². The van der Waals surface area contributed by atoms with Crippen LogP contribution >= 0.6 is 11.3 Å². The van der Waals surface area contributed by atoms with Crippen molar-refractivity contribution >= 4 is 27.4 Å². The maximum Gasteiger partial charge on any atom is 0.293 e. The summed E-state index contributed by atoms with van der Waals surface area (Å²) in [6, 6.07) is 8.30. The van der Waals surface area contributed by atoms with E-state index in [2.05, 4.69) is 28.1 Å². The Hall–Kier alpha value is -2.21. The fraction of sp³-hybridized carbons (Fsp3) is 0.389. The SMILES string of the molecule is CCn1ccnc(N2CCC(c3nc4ccccc4s3)CC2)c1=O. The number of thiazole rings is 1. The predicted octanol–water partition coefficient (Wildman–Crippen LogP) is 3.26. The van der Waals surface area contributed by atoms with Crippen LogP contribution in [0.5, 0.6) is 0 Å². The highest BCUT2D eigenvalue weighted by Crippen LogP contribution is 2.34. The molecule has 0 spiro atoms. The number of aryl methyl sites for hydroxylation is 1. The van der Waals surface area contributed by atoms with E-state index in [1.165, 1.54) is 9.71 Å². The summed E-state index contributed by atoms with van der Waals surface area (Å²) in [4.78, 5) is 23.7. The van der Waals surface area contributed by atoms with Crippen LogP contribution in [0.25, 0.3) is 10.2 Å². The number of nitrogens with zero attached hydrogens (tertiary/aromatic N) is 4. The van der Waals surface area contributed by atoms with E-state index in [9.17, 15) is 4.79 Å². The van der Waals surface area contributed by atoms with E-state index in [1.54, 1.807) is 28.3 Å². The van der Waals surface area contributed by atoms with Gasteiger partial charge in [0.25, 0.3) is 5.56 Å². The minimum atomic E-state index is 0.0124. The van der Waals surface area contributed by atoms with E-state index in [-0.39, 0.29) is 5.56 Å². The number of hydrogen-bond acceptors (Lipinski definition) is 5. The van der Waals surface area contributed by atoms with Crippen molar-refractivity contribution in [2.75, 3.05) is 18.0 Å². The lowest BCUT2D eigenvalue weighted by Gasteiger charge is -2.31. The molecule has 2 aromatic heterocycles. The lowest BCUT2D eigenvalue weighted by Crippen LogP contribution is -2.38. The largest absolute Gasteiger partial charge is 0.352 e.